The van der Waals surface area contributed by atoms with Gasteiger partial charge in [-0.15, -0.1) is 0 Å². The van der Waals surface area contributed by atoms with Crippen molar-refractivity contribution in [1.82, 2.24) is 30.7 Å². The molecule has 1 heterocycles. The van der Waals surface area contributed by atoms with Crippen molar-refractivity contribution < 1.29 is 38.2 Å². The Morgan fingerprint density at radius 1 is 0.915 bits per heavy atom. The number of carbonyl (C=O) groups is 5. The van der Waals surface area contributed by atoms with Crippen LogP contribution in [0.1, 0.15) is 106 Å². The summed E-state index contributed by atoms with van der Waals surface area (Å²) in [6, 6.07) is -2.89. The molecule has 0 saturated carbocycles. The van der Waals surface area contributed by atoms with Gasteiger partial charge in [-0.25, -0.2) is 4.79 Å². The first-order valence-electron chi connectivity index (χ1n) is 22.0. The van der Waals surface area contributed by atoms with Crippen molar-refractivity contribution in [3.8, 4) is 0 Å². The largest absolute Gasteiger partial charge is 0.467 e. The van der Waals surface area contributed by atoms with Gasteiger partial charge in [-0.3, -0.25) is 24.1 Å². The minimum atomic E-state index is -0.859. The lowest BCUT2D eigenvalue weighted by molar-refractivity contribution is -0.149. The lowest BCUT2D eigenvalue weighted by Gasteiger charge is -2.41. The molecule has 1 fully saturated rings. The van der Waals surface area contributed by atoms with Crippen LogP contribution in [-0.2, 0) is 38.2 Å². The molecular weight excluding hydrogens is 753 g/mol. The van der Waals surface area contributed by atoms with Crippen molar-refractivity contribution >= 4 is 29.6 Å². The SMILES string of the molecule is CC[C@H](C)[C@@H]([C@@H](CC(=O)N1CCC[C@H]1[C@H](OC)[C@@H](C)C(=O)N[C@@H](CC1=CCCC=C1)C(=O)OC)OC)N(C)C(=O)[C@@H](NC(=O)[C@H](C(C)C)N(C)CCCCNC)C(C)C. The number of nitrogens with zero attached hydrogens (tertiary/aromatic N) is 3. The van der Waals surface area contributed by atoms with Crippen LogP contribution in [0.15, 0.2) is 23.8 Å². The number of unbranched alkanes of at least 4 members (excludes halogenated alkanes) is 1. The van der Waals surface area contributed by atoms with E-state index in [1.165, 1.54) is 7.11 Å². The number of hydrogen-bond acceptors (Lipinski definition) is 10. The Morgan fingerprint density at radius 3 is 2.15 bits per heavy atom. The third kappa shape index (κ3) is 15.0. The van der Waals surface area contributed by atoms with Gasteiger partial charge in [-0.05, 0) is 89.0 Å². The first-order valence-corrected chi connectivity index (χ1v) is 22.0. The lowest BCUT2D eigenvalue weighted by Crippen LogP contribution is -2.60. The summed E-state index contributed by atoms with van der Waals surface area (Å²) in [4.78, 5) is 74.7. The third-order valence-corrected chi connectivity index (χ3v) is 12.4. The molecule has 2 rings (SSSR count). The van der Waals surface area contributed by atoms with Crippen LogP contribution in [0.2, 0.25) is 0 Å². The highest BCUT2D eigenvalue weighted by atomic mass is 16.5. The van der Waals surface area contributed by atoms with E-state index in [0.717, 1.165) is 57.2 Å². The number of ether oxygens (including phenoxy) is 3. The van der Waals surface area contributed by atoms with E-state index in [1.807, 2.05) is 61.7 Å². The Morgan fingerprint density at radius 2 is 1.61 bits per heavy atom. The molecule has 0 aromatic rings. The standard InChI is InChI=1S/C45H80N6O8/c1-14-31(6)40(50(10)44(55)38(29(2)3)48-43(54)39(30(4)5)49(9)25-19-18-24-46-8)36(57-11)28-37(52)51-26-20-23-35(51)41(58-12)32(7)42(53)47-34(45(56)59-13)27-33-21-16-15-17-22-33/h16,21-22,29-32,34-36,38-41,46H,14-15,17-20,23-28H2,1-13H3,(H,47,53)(H,48,54)/t31-,32+,34-,35-,36+,38-,39-,40-,41+/m0/s1. The van der Waals surface area contributed by atoms with Crippen molar-refractivity contribution in [1.29, 1.82) is 0 Å². The molecule has 2 aliphatic rings. The zero-order chi connectivity index (χ0) is 44.4. The average molecular weight is 833 g/mol. The molecule has 14 nitrogen and oxygen atoms in total. The number of esters is 1. The van der Waals surface area contributed by atoms with Crippen LogP contribution in [0.5, 0.6) is 0 Å². The molecule has 0 bridgehead atoms. The van der Waals surface area contributed by atoms with Crippen molar-refractivity contribution in [2.24, 2.45) is 23.7 Å². The minimum absolute atomic E-state index is 0.0101. The molecule has 1 saturated heterocycles. The van der Waals surface area contributed by atoms with E-state index in [9.17, 15) is 24.0 Å². The number of hydrogen-bond donors (Lipinski definition) is 3. The fourth-order valence-electron chi connectivity index (χ4n) is 8.79. The monoisotopic (exact) mass is 833 g/mol. The Bertz CT molecular complexity index is 1400. The van der Waals surface area contributed by atoms with Gasteiger partial charge in [0.15, 0.2) is 0 Å². The van der Waals surface area contributed by atoms with Crippen LogP contribution in [0.25, 0.3) is 0 Å². The maximum Gasteiger partial charge on any atom is 0.328 e. The molecule has 338 valence electrons. The zero-order valence-corrected chi connectivity index (χ0v) is 38.7. The van der Waals surface area contributed by atoms with Crippen LogP contribution in [-0.4, -0.2) is 149 Å². The topological polar surface area (TPSA) is 159 Å². The highest BCUT2D eigenvalue weighted by Gasteiger charge is 2.43. The van der Waals surface area contributed by atoms with Gasteiger partial charge in [0.2, 0.25) is 23.6 Å². The summed E-state index contributed by atoms with van der Waals surface area (Å²) < 4.78 is 17.1. The molecule has 4 amide bonds. The second kappa shape index (κ2) is 26.1. The number of carbonyl (C=O) groups excluding carboxylic acids is 5. The van der Waals surface area contributed by atoms with E-state index in [2.05, 4.69) is 33.0 Å². The molecule has 3 N–H and O–H groups in total. The van der Waals surface area contributed by atoms with Crippen molar-refractivity contribution in [3.63, 3.8) is 0 Å². The molecule has 0 spiro atoms. The van der Waals surface area contributed by atoms with Crippen molar-refractivity contribution in [2.75, 3.05) is 62.1 Å². The normalized spacial score (nSPS) is 19.7. The average Bonchev–Trinajstić information content (AvgIpc) is 3.70. The van der Waals surface area contributed by atoms with Crippen molar-refractivity contribution in [3.05, 3.63) is 23.8 Å². The summed E-state index contributed by atoms with van der Waals surface area (Å²) in [6.07, 6.45) is 11.0. The molecule has 1 aliphatic carbocycles. The molecule has 0 aromatic heterocycles. The molecular formula is C45H80N6O8. The second-order valence-corrected chi connectivity index (χ2v) is 17.3. The highest BCUT2D eigenvalue weighted by Crippen LogP contribution is 2.30. The highest BCUT2D eigenvalue weighted by molar-refractivity contribution is 5.90. The summed E-state index contributed by atoms with van der Waals surface area (Å²) >= 11 is 0. The molecule has 0 unspecified atom stereocenters. The summed E-state index contributed by atoms with van der Waals surface area (Å²) in [5.74, 6) is -2.33. The minimum Gasteiger partial charge on any atom is -0.467 e. The van der Waals surface area contributed by atoms with Gasteiger partial charge >= 0.3 is 5.97 Å². The Balaban J connectivity index is 2.27. The van der Waals surface area contributed by atoms with E-state index >= 15 is 0 Å². The van der Waals surface area contributed by atoms with Crippen molar-refractivity contribution in [2.45, 2.75) is 149 Å². The maximum atomic E-state index is 14.5. The van der Waals surface area contributed by atoms with Gasteiger partial charge in [-0.1, -0.05) is 73.1 Å². The van der Waals surface area contributed by atoms with Gasteiger partial charge in [0.1, 0.15) is 12.1 Å². The number of allylic oxidation sites excluding steroid dienone is 3. The summed E-state index contributed by atoms with van der Waals surface area (Å²) in [7, 11) is 10.0. The first-order chi connectivity index (χ1) is 28.0. The maximum absolute atomic E-state index is 14.5. The Hall–Kier alpha value is -3.33. The van der Waals surface area contributed by atoms with E-state index in [1.54, 1.807) is 38.0 Å². The molecule has 0 radical (unpaired) electrons. The van der Waals surface area contributed by atoms with Crippen LogP contribution < -0.4 is 16.0 Å². The van der Waals surface area contributed by atoms with Gasteiger partial charge in [0.05, 0.1) is 49.8 Å². The first kappa shape index (κ1) is 51.8. The Labute approximate surface area is 355 Å². The quantitative estimate of drug-likeness (QED) is 0.0847. The van der Waals surface area contributed by atoms with E-state index < -0.39 is 48.3 Å². The number of likely N-dealkylation sites (N-methyl/N-ethyl adjacent to an activating group) is 2. The van der Waals surface area contributed by atoms with Gasteiger partial charge in [0, 0.05) is 34.2 Å². The lowest BCUT2D eigenvalue weighted by atomic mass is 9.89. The number of rotatable bonds is 26. The van der Waals surface area contributed by atoms with Gasteiger partial charge < -0.3 is 40.0 Å². The predicted octanol–water partition coefficient (Wildman–Crippen LogP) is 4.33. The van der Waals surface area contributed by atoms with E-state index in [4.69, 9.17) is 14.2 Å². The number of likely N-dealkylation sites (tertiary alicyclic amines) is 1. The Kier molecular flexibility index (Phi) is 22.9. The summed E-state index contributed by atoms with van der Waals surface area (Å²) in [5, 5.41) is 9.18. The zero-order valence-electron chi connectivity index (χ0n) is 38.7. The van der Waals surface area contributed by atoms with Gasteiger partial charge in [-0.2, -0.15) is 0 Å². The third-order valence-electron chi connectivity index (χ3n) is 12.4. The predicted molar refractivity (Wildman–Crippen MR) is 232 cm³/mol. The van der Waals surface area contributed by atoms with Gasteiger partial charge in [0.25, 0.3) is 0 Å². The number of amides is 4. The second-order valence-electron chi connectivity index (χ2n) is 17.3. The van der Waals surface area contributed by atoms with Crippen LogP contribution in [0, 0.1) is 23.7 Å². The number of nitrogens with one attached hydrogen (secondary N) is 3. The number of methoxy groups -OCH3 is 3. The molecule has 14 heteroatoms. The summed E-state index contributed by atoms with van der Waals surface area (Å²) in [5.41, 5.74) is 0.963. The van der Waals surface area contributed by atoms with E-state index in [0.29, 0.717) is 19.4 Å². The summed E-state index contributed by atoms with van der Waals surface area (Å²) in [6.45, 7) is 15.9. The fraction of sp³-hybridized carbons (Fsp3) is 0.800. The van der Waals surface area contributed by atoms with E-state index in [-0.39, 0.29) is 53.8 Å². The van der Waals surface area contributed by atoms with Crippen LogP contribution >= 0.6 is 0 Å². The molecule has 9 atom stereocenters. The smallest absolute Gasteiger partial charge is 0.328 e. The van der Waals surface area contributed by atoms with Crippen LogP contribution in [0.4, 0.5) is 0 Å². The molecule has 59 heavy (non-hydrogen) atoms. The fourth-order valence-corrected chi connectivity index (χ4v) is 8.79. The molecule has 0 aromatic carbocycles. The van der Waals surface area contributed by atoms with Crippen LogP contribution in [0.3, 0.4) is 0 Å². The molecule has 1 aliphatic heterocycles.